The SMILES string of the molecule is C=C1CCC2=C(C)CCC(C(C)C)C2C1O. The zero-order chi connectivity index (χ0) is 11.9. The molecule has 0 aliphatic heterocycles. The van der Waals surface area contributed by atoms with E-state index >= 15 is 0 Å². The van der Waals surface area contributed by atoms with Gasteiger partial charge in [-0.05, 0) is 50.0 Å². The molecular weight excluding hydrogens is 196 g/mol. The predicted molar refractivity (Wildman–Crippen MR) is 68.1 cm³/mol. The number of hydrogen-bond acceptors (Lipinski definition) is 1. The Hall–Kier alpha value is -0.560. The molecular formula is C15H24O. The Morgan fingerprint density at radius 3 is 2.56 bits per heavy atom. The largest absolute Gasteiger partial charge is 0.388 e. The lowest BCUT2D eigenvalue weighted by Crippen LogP contribution is -2.39. The van der Waals surface area contributed by atoms with Crippen molar-refractivity contribution in [1.82, 2.24) is 0 Å². The first-order valence-corrected chi connectivity index (χ1v) is 6.56. The summed E-state index contributed by atoms with van der Waals surface area (Å²) in [4.78, 5) is 0. The molecule has 0 bridgehead atoms. The molecule has 3 unspecified atom stereocenters. The fourth-order valence-electron chi connectivity index (χ4n) is 3.52. The topological polar surface area (TPSA) is 20.2 Å². The molecule has 0 spiro atoms. The minimum Gasteiger partial charge on any atom is -0.388 e. The number of aliphatic hydroxyl groups excluding tert-OH is 1. The van der Waals surface area contributed by atoms with E-state index in [-0.39, 0.29) is 6.10 Å². The monoisotopic (exact) mass is 220 g/mol. The molecule has 1 fully saturated rings. The Morgan fingerprint density at radius 1 is 1.25 bits per heavy atom. The van der Waals surface area contributed by atoms with Crippen molar-refractivity contribution in [2.45, 2.75) is 52.6 Å². The molecule has 0 radical (unpaired) electrons. The van der Waals surface area contributed by atoms with Crippen molar-refractivity contribution < 1.29 is 5.11 Å². The molecule has 0 aromatic carbocycles. The second-order valence-corrected chi connectivity index (χ2v) is 5.88. The van der Waals surface area contributed by atoms with Crippen molar-refractivity contribution in [3.63, 3.8) is 0 Å². The molecule has 16 heavy (non-hydrogen) atoms. The van der Waals surface area contributed by atoms with E-state index in [0.717, 1.165) is 18.4 Å². The first-order valence-electron chi connectivity index (χ1n) is 6.56. The summed E-state index contributed by atoms with van der Waals surface area (Å²) in [7, 11) is 0. The Labute approximate surface area is 99.3 Å². The van der Waals surface area contributed by atoms with Gasteiger partial charge in [-0.1, -0.05) is 31.6 Å². The van der Waals surface area contributed by atoms with Gasteiger partial charge in [0.15, 0.2) is 0 Å². The molecule has 0 saturated heterocycles. The fourth-order valence-corrected chi connectivity index (χ4v) is 3.52. The molecule has 3 atom stereocenters. The van der Waals surface area contributed by atoms with Gasteiger partial charge < -0.3 is 5.11 Å². The summed E-state index contributed by atoms with van der Waals surface area (Å²) < 4.78 is 0. The molecule has 0 amide bonds. The van der Waals surface area contributed by atoms with Crippen LogP contribution in [0.4, 0.5) is 0 Å². The Morgan fingerprint density at radius 2 is 1.94 bits per heavy atom. The van der Waals surface area contributed by atoms with E-state index in [1.807, 2.05) is 0 Å². The van der Waals surface area contributed by atoms with Crippen molar-refractivity contribution >= 4 is 0 Å². The maximum Gasteiger partial charge on any atom is 0.0815 e. The second-order valence-electron chi connectivity index (χ2n) is 5.88. The normalized spacial score (nSPS) is 35.6. The average Bonchev–Trinajstić information content (AvgIpc) is 2.23. The van der Waals surface area contributed by atoms with E-state index in [1.165, 1.54) is 18.4 Å². The zero-order valence-electron chi connectivity index (χ0n) is 10.8. The lowest BCUT2D eigenvalue weighted by molar-refractivity contribution is 0.0789. The van der Waals surface area contributed by atoms with Gasteiger partial charge in [0.05, 0.1) is 6.10 Å². The number of fused-ring (bicyclic) bond motifs is 1. The van der Waals surface area contributed by atoms with Gasteiger partial charge in [-0.3, -0.25) is 0 Å². The van der Waals surface area contributed by atoms with E-state index in [0.29, 0.717) is 17.8 Å². The molecule has 2 rings (SSSR count). The maximum absolute atomic E-state index is 10.4. The van der Waals surface area contributed by atoms with Crippen LogP contribution in [0.2, 0.25) is 0 Å². The van der Waals surface area contributed by atoms with Gasteiger partial charge in [0.2, 0.25) is 0 Å². The van der Waals surface area contributed by atoms with E-state index in [2.05, 4.69) is 27.4 Å². The summed E-state index contributed by atoms with van der Waals surface area (Å²) in [5.41, 5.74) is 4.13. The van der Waals surface area contributed by atoms with Crippen LogP contribution in [-0.4, -0.2) is 11.2 Å². The van der Waals surface area contributed by atoms with Gasteiger partial charge in [-0.25, -0.2) is 0 Å². The third-order valence-electron chi connectivity index (χ3n) is 4.59. The predicted octanol–water partition coefficient (Wildman–Crippen LogP) is 3.70. The van der Waals surface area contributed by atoms with Crippen LogP contribution in [0.1, 0.15) is 46.5 Å². The zero-order valence-corrected chi connectivity index (χ0v) is 10.8. The minimum atomic E-state index is -0.286. The molecule has 1 N–H and O–H groups in total. The van der Waals surface area contributed by atoms with Crippen LogP contribution < -0.4 is 0 Å². The molecule has 90 valence electrons. The Bertz CT molecular complexity index is 324. The van der Waals surface area contributed by atoms with E-state index in [9.17, 15) is 5.11 Å². The van der Waals surface area contributed by atoms with Crippen LogP contribution in [0.5, 0.6) is 0 Å². The highest BCUT2D eigenvalue weighted by Crippen LogP contribution is 2.47. The molecule has 1 nitrogen and oxygen atoms in total. The lowest BCUT2D eigenvalue weighted by Gasteiger charge is -2.43. The van der Waals surface area contributed by atoms with Crippen molar-refractivity contribution in [2.75, 3.05) is 0 Å². The van der Waals surface area contributed by atoms with Crippen LogP contribution in [0, 0.1) is 17.8 Å². The Kier molecular flexibility index (Phi) is 3.25. The molecule has 2 aliphatic carbocycles. The van der Waals surface area contributed by atoms with Crippen molar-refractivity contribution in [3.8, 4) is 0 Å². The van der Waals surface area contributed by atoms with E-state index in [4.69, 9.17) is 0 Å². The van der Waals surface area contributed by atoms with Gasteiger partial charge >= 0.3 is 0 Å². The van der Waals surface area contributed by atoms with E-state index in [1.54, 1.807) is 5.57 Å². The fraction of sp³-hybridized carbons (Fsp3) is 0.733. The number of aliphatic hydroxyl groups is 1. The molecule has 0 aromatic rings. The summed E-state index contributed by atoms with van der Waals surface area (Å²) in [5.74, 6) is 1.68. The smallest absolute Gasteiger partial charge is 0.0815 e. The summed E-state index contributed by atoms with van der Waals surface area (Å²) >= 11 is 0. The number of allylic oxidation sites excluding steroid dienone is 1. The molecule has 0 heterocycles. The van der Waals surface area contributed by atoms with Crippen molar-refractivity contribution in [2.24, 2.45) is 17.8 Å². The molecule has 2 aliphatic rings. The first-order chi connectivity index (χ1) is 7.52. The second kappa shape index (κ2) is 4.37. The van der Waals surface area contributed by atoms with Crippen molar-refractivity contribution in [1.29, 1.82) is 0 Å². The van der Waals surface area contributed by atoms with Gasteiger partial charge in [-0.15, -0.1) is 0 Å². The number of rotatable bonds is 1. The number of hydrogen-bond donors (Lipinski definition) is 1. The van der Waals surface area contributed by atoms with Crippen LogP contribution in [0.25, 0.3) is 0 Å². The molecule has 1 saturated carbocycles. The van der Waals surface area contributed by atoms with Crippen LogP contribution >= 0.6 is 0 Å². The Balaban J connectivity index is 2.34. The highest BCUT2D eigenvalue weighted by Gasteiger charge is 2.39. The minimum absolute atomic E-state index is 0.286. The highest BCUT2D eigenvalue weighted by molar-refractivity contribution is 5.29. The highest BCUT2D eigenvalue weighted by atomic mass is 16.3. The summed E-state index contributed by atoms with van der Waals surface area (Å²) in [6.07, 6.45) is 4.30. The van der Waals surface area contributed by atoms with Gasteiger partial charge in [0.1, 0.15) is 0 Å². The summed E-state index contributed by atoms with van der Waals surface area (Å²) in [6, 6.07) is 0. The first kappa shape index (κ1) is 11.9. The average molecular weight is 220 g/mol. The molecule has 1 heteroatoms. The van der Waals surface area contributed by atoms with Crippen LogP contribution in [0.15, 0.2) is 23.3 Å². The van der Waals surface area contributed by atoms with E-state index < -0.39 is 0 Å². The van der Waals surface area contributed by atoms with Gasteiger partial charge in [0, 0.05) is 5.92 Å². The quantitative estimate of drug-likeness (QED) is 0.668. The maximum atomic E-state index is 10.4. The van der Waals surface area contributed by atoms with Gasteiger partial charge in [0.25, 0.3) is 0 Å². The lowest BCUT2D eigenvalue weighted by atomic mass is 9.63. The standard InChI is InChI=1S/C15H24O/c1-9(2)12-7-5-10(3)13-8-6-11(4)15(16)14(12)13/h9,12,14-16H,4-8H2,1-3H3. The summed E-state index contributed by atoms with van der Waals surface area (Å²) in [5, 5.41) is 10.4. The third-order valence-corrected chi connectivity index (χ3v) is 4.59. The van der Waals surface area contributed by atoms with Crippen LogP contribution in [-0.2, 0) is 0 Å². The van der Waals surface area contributed by atoms with Gasteiger partial charge in [-0.2, -0.15) is 0 Å². The van der Waals surface area contributed by atoms with Crippen molar-refractivity contribution in [3.05, 3.63) is 23.3 Å². The third kappa shape index (κ3) is 1.86. The molecule has 0 aromatic heterocycles. The summed E-state index contributed by atoms with van der Waals surface area (Å²) in [6.45, 7) is 10.9. The van der Waals surface area contributed by atoms with Crippen LogP contribution in [0.3, 0.4) is 0 Å².